The number of hydrogen-bond acceptors (Lipinski definition) is 5. The molecule has 5 heteroatoms. The lowest BCUT2D eigenvalue weighted by atomic mass is 9.96. The molecular weight excluding hydrogens is 338 g/mol. The molecule has 5 nitrogen and oxygen atoms in total. The highest BCUT2D eigenvalue weighted by Gasteiger charge is 2.14. The number of pyridine rings is 1. The lowest BCUT2D eigenvalue weighted by Gasteiger charge is -2.09. The van der Waals surface area contributed by atoms with Crippen molar-refractivity contribution in [2.24, 2.45) is 0 Å². The molecule has 27 heavy (non-hydrogen) atoms. The number of benzene rings is 2. The lowest BCUT2D eigenvalue weighted by molar-refractivity contribution is 0.291. The van der Waals surface area contributed by atoms with Gasteiger partial charge in [-0.15, -0.1) is 0 Å². The minimum Gasteiger partial charge on any atom is -0.434 e. The summed E-state index contributed by atoms with van der Waals surface area (Å²) in [7, 11) is 0. The van der Waals surface area contributed by atoms with E-state index in [0.29, 0.717) is 24.6 Å². The molecule has 0 aliphatic heterocycles. The Kier molecular flexibility index (Phi) is 4.96. The van der Waals surface area contributed by atoms with Crippen molar-refractivity contribution in [3.8, 4) is 22.6 Å². The quantitative estimate of drug-likeness (QED) is 0.510. The van der Waals surface area contributed by atoms with Gasteiger partial charge in [0, 0.05) is 18.7 Å². The van der Waals surface area contributed by atoms with Crippen molar-refractivity contribution < 1.29 is 9.52 Å². The molecule has 2 N–H and O–H groups in total. The number of aromatic nitrogens is 2. The first-order valence-electron chi connectivity index (χ1n) is 8.98. The Balaban J connectivity index is 1.70. The van der Waals surface area contributed by atoms with Gasteiger partial charge in [-0.1, -0.05) is 42.5 Å². The lowest BCUT2D eigenvalue weighted by Crippen LogP contribution is -2.18. The number of aliphatic hydroxyl groups is 1. The van der Waals surface area contributed by atoms with Gasteiger partial charge in [-0.3, -0.25) is 4.98 Å². The van der Waals surface area contributed by atoms with E-state index in [4.69, 9.17) is 9.52 Å². The van der Waals surface area contributed by atoms with E-state index in [1.54, 1.807) is 6.20 Å². The zero-order valence-electron chi connectivity index (χ0n) is 15.1. The number of hydrogen-bond donors (Lipinski definition) is 2. The average Bonchev–Trinajstić information content (AvgIpc) is 3.12. The van der Waals surface area contributed by atoms with Crippen LogP contribution in [0, 0.1) is 6.92 Å². The molecule has 0 saturated heterocycles. The second kappa shape index (κ2) is 7.70. The zero-order chi connectivity index (χ0) is 18.6. The second-order valence-electron chi connectivity index (χ2n) is 6.41. The molecule has 4 rings (SSSR count). The fraction of sp³-hybridized carbons (Fsp3) is 0.182. The molecule has 0 spiro atoms. The van der Waals surface area contributed by atoms with Crippen LogP contribution in [0.25, 0.3) is 33.7 Å². The molecule has 136 valence electrons. The van der Waals surface area contributed by atoms with Crippen LogP contribution in [0.2, 0.25) is 0 Å². The summed E-state index contributed by atoms with van der Waals surface area (Å²) in [5.74, 6) is 0.600. The summed E-state index contributed by atoms with van der Waals surface area (Å²) >= 11 is 0. The molecular formula is C22H21N3O2. The zero-order valence-corrected chi connectivity index (χ0v) is 15.1. The molecule has 2 aromatic carbocycles. The van der Waals surface area contributed by atoms with E-state index >= 15 is 0 Å². The normalized spacial score (nSPS) is 11.2. The van der Waals surface area contributed by atoms with Crippen LogP contribution in [0.4, 0.5) is 0 Å². The van der Waals surface area contributed by atoms with E-state index in [-0.39, 0.29) is 6.61 Å². The Morgan fingerprint density at radius 3 is 2.67 bits per heavy atom. The predicted molar refractivity (Wildman–Crippen MR) is 106 cm³/mol. The maximum absolute atomic E-state index is 8.87. The van der Waals surface area contributed by atoms with Gasteiger partial charge < -0.3 is 14.8 Å². The van der Waals surface area contributed by atoms with Gasteiger partial charge in [-0.25, -0.2) is 4.98 Å². The Morgan fingerprint density at radius 1 is 1.04 bits per heavy atom. The van der Waals surface area contributed by atoms with Gasteiger partial charge in [-0.2, -0.15) is 0 Å². The number of oxazole rings is 1. The summed E-state index contributed by atoms with van der Waals surface area (Å²) < 4.78 is 5.97. The Hall–Kier alpha value is -3.02. The van der Waals surface area contributed by atoms with Crippen LogP contribution < -0.4 is 5.32 Å². The molecule has 0 fully saturated rings. The SMILES string of the molecule is Cc1c(-c2ccccc2)cccc1-c1nc2cc(CNCCO)ncc2o1. The average molecular weight is 359 g/mol. The minimum atomic E-state index is 0.105. The van der Waals surface area contributed by atoms with Crippen LogP contribution in [0.3, 0.4) is 0 Å². The van der Waals surface area contributed by atoms with Gasteiger partial charge in [0.15, 0.2) is 5.58 Å². The third-order valence-electron chi connectivity index (χ3n) is 4.58. The third kappa shape index (κ3) is 3.60. The summed E-state index contributed by atoms with van der Waals surface area (Å²) in [5, 5.41) is 12.0. The van der Waals surface area contributed by atoms with Gasteiger partial charge in [0.25, 0.3) is 0 Å². The fourth-order valence-corrected chi connectivity index (χ4v) is 3.18. The monoisotopic (exact) mass is 359 g/mol. The molecule has 0 radical (unpaired) electrons. The molecule has 0 bridgehead atoms. The smallest absolute Gasteiger partial charge is 0.227 e. The van der Waals surface area contributed by atoms with Gasteiger partial charge in [-0.05, 0) is 35.7 Å². The highest BCUT2D eigenvalue weighted by molar-refractivity contribution is 5.79. The first-order chi connectivity index (χ1) is 13.3. The second-order valence-corrected chi connectivity index (χ2v) is 6.41. The summed E-state index contributed by atoms with van der Waals surface area (Å²) in [4.78, 5) is 9.08. The maximum atomic E-state index is 8.87. The number of nitrogens with one attached hydrogen (secondary N) is 1. The van der Waals surface area contributed by atoms with Crippen LogP contribution in [0.1, 0.15) is 11.3 Å². The minimum absolute atomic E-state index is 0.105. The van der Waals surface area contributed by atoms with Gasteiger partial charge in [0.1, 0.15) is 5.52 Å². The Morgan fingerprint density at radius 2 is 1.85 bits per heavy atom. The maximum Gasteiger partial charge on any atom is 0.227 e. The summed E-state index contributed by atoms with van der Waals surface area (Å²) in [6, 6.07) is 18.4. The summed E-state index contributed by atoms with van der Waals surface area (Å²) in [6.45, 7) is 3.32. The van der Waals surface area contributed by atoms with Gasteiger partial charge >= 0.3 is 0 Å². The number of nitrogens with zero attached hydrogens (tertiary/aromatic N) is 2. The molecule has 2 heterocycles. The van der Waals surface area contributed by atoms with E-state index < -0.39 is 0 Å². The summed E-state index contributed by atoms with van der Waals surface area (Å²) in [5.41, 5.74) is 6.77. The number of rotatable bonds is 6. The van der Waals surface area contributed by atoms with Crippen molar-refractivity contribution in [3.05, 3.63) is 72.1 Å². The first-order valence-corrected chi connectivity index (χ1v) is 8.98. The Labute approximate surface area is 157 Å². The van der Waals surface area contributed by atoms with Crippen molar-refractivity contribution in [2.75, 3.05) is 13.2 Å². The van der Waals surface area contributed by atoms with Crippen LogP contribution >= 0.6 is 0 Å². The molecule has 0 amide bonds. The standard InChI is InChI=1S/C22H21N3O2/c1-15-18(16-6-3-2-4-7-16)8-5-9-19(15)22-25-20-12-17(13-23-10-11-26)24-14-21(20)27-22/h2-9,12,14,23,26H,10-11,13H2,1H3. The molecule has 0 unspecified atom stereocenters. The van der Waals surface area contributed by atoms with Gasteiger partial charge in [0.2, 0.25) is 5.89 Å². The summed E-state index contributed by atoms with van der Waals surface area (Å²) in [6.07, 6.45) is 1.71. The molecule has 0 atom stereocenters. The predicted octanol–water partition coefficient (Wildman–Crippen LogP) is 3.95. The van der Waals surface area contributed by atoms with Crippen molar-refractivity contribution in [1.82, 2.24) is 15.3 Å². The van der Waals surface area contributed by atoms with Crippen LogP contribution in [0.5, 0.6) is 0 Å². The van der Waals surface area contributed by atoms with Crippen molar-refractivity contribution in [3.63, 3.8) is 0 Å². The van der Waals surface area contributed by atoms with Crippen LogP contribution in [-0.4, -0.2) is 28.2 Å². The topological polar surface area (TPSA) is 71.2 Å². The van der Waals surface area contributed by atoms with E-state index in [1.165, 1.54) is 11.1 Å². The Bertz CT molecular complexity index is 1060. The fourth-order valence-electron chi connectivity index (χ4n) is 3.18. The van der Waals surface area contributed by atoms with Crippen molar-refractivity contribution in [1.29, 1.82) is 0 Å². The van der Waals surface area contributed by atoms with E-state index in [2.05, 4.69) is 40.4 Å². The molecule has 0 saturated carbocycles. The third-order valence-corrected chi connectivity index (χ3v) is 4.58. The number of aliphatic hydroxyl groups excluding tert-OH is 1. The molecule has 2 aromatic heterocycles. The van der Waals surface area contributed by atoms with E-state index in [1.807, 2.05) is 36.4 Å². The van der Waals surface area contributed by atoms with Crippen LogP contribution in [-0.2, 0) is 6.54 Å². The molecule has 4 aromatic rings. The van der Waals surface area contributed by atoms with Crippen molar-refractivity contribution >= 4 is 11.1 Å². The number of fused-ring (bicyclic) bond motifs is 1. The largest absolute Gasteiger partial charge is 0.434 e. The molecule has 0 aliphatic carbocycles. The van der Waals surface area contributed by atoms with E-state index in [9.17, 15) is 0 Å². The van der Waals surface area contributed by atoms with E-state index in [0.717, 1.165) is 22.3 Å². The first kappa shape index (κ1) is 17.4. The highest BCUT2D eigenvalue weighted by Crippen LogP contribution is 2.32. The van der Waals surface area contributed by atoms with Crippen LogP contribution in [0.15, 0.2) is 65.2 Å². The molecule has 0 aliphatic rings. The van der Waals surface area contributed by atoms with Gasteiger partial charge in [0.05, 0.1) is 18.5 Å². The van der Waals surface area contributed by atoms with Crippen molar-refractivity contribution in [2.45, 2.75) is 13.5 Å². The highest BCUT2D eigenvalue weighted by atomic mass is 16.3.